The first-order valence-corrected chi connectivity index (χ1v) is 12.6. The van der Waals surface area contributed by atoms with Crippen LogP contribution in [0.1, 0.15) is 30.4 Å². The molecule has 5 nitrogen and oxygen atoms in total. The third kappa shape index (κ3) is 4.80. The van der Waals surface area contributed by atoms with Crippen molar-refractivity contribution in [1.82, 2.24) is 10.2 Å². The lowest BCUT2D eigenvalue weighted by molar-refractivity contribution is -0.134. The summed E-state index contributed by atoms with van der Waals surface area (Å²) in [5.74, 6) is -0.0302. The number of anilines is 1. The van der Waals surface area contributed by atoms with E-state index >= 15 is 0 Å². The Labute approximate surface area is 215 Å². The summed E-state index contributed by atoms with van der Waals surface area (Å²) >= 11 is 12.2. The standard InChI is InChI=1S/C28H26Cl2N4O/c29-23-15-24(30)17-25(16-23)33-27(35)26-8-13-34(26)28(9-11-32-12-10-28)22-6-4-20(5-7-22)21-3-1-2-19(14-21)18-31/h1-7,14-17,26,32H,8-13H2,(H,33,35). The molecule has 178 valence electrons. The maximum absolute atomic E-state index is 13.3. The number of likely N-dealkylation sites (tertiary alicyclic amines) is 1. The molecule has 7 heteroatoms. The van der Waals surface area contributed by atoms with Gasteiger partial charge in [-0.15, -0.1) is 0 Å². The summed E-state index contributed by atoms with van der Waals surface area (Å²) in [7, 11) is 0. The van der Waals surface area contributed by atoms with Crippen LogP contribution in [-0.4, -0.2) is 36.5 Å². The van der Waals surface area contributed by atoms with Crippen LogP contribution >= 0.6 is 23.2 Å². The number of rotatable bonds is 5. The van der Waals surface area contributed by atoms with E-state index in [1.54, 1.807) is 18.2 Å². The molecule has 0 aliphatic carbocycles. The summed E-state index contributed by atoms with van der Waals surface area (Å²) in [6.45, 7) is 2.68. The third-order valence-electron chi connectivity index (χ3n) is 7.18. The molecule has 1 atom stereocenters. The summed E-state index contributed by atoms with van der Waals surface area (Å²) in [5.41, 5.74) is 4.38. The van der Waals surface area contributed by atoms with Gasteiger partial charge in [-0.25, -0.2) is 0 Å². The SMILES string of the molecule is N#Cc1cccc(-c2ccc(C3(N4CCC4C(=O)Nc4cc(Cl)cc(Cl)c4)CCNCC3)cc2)c1. The van der Waals surface area contributed by atoms with Gasteiger partial charge in [-0.2, -0.15) is 5.26 Å². The number of nitriles is 1. The maximum Gasteiger partial charge on any atom is 0.241 e. The van der Waals surface area contributed by atoms with E-state index in [2.05, 4.69) is 45.9 Å². The Balaban J connectivity index is 1.40. The van der Waals surface area contributed by atoms with Crippen molar-refractivity contribution in [2.24, 2.45) is 0 Å². The quantitative estimate of drug-likeness (QED) is 0.458. The zero-order valence-corrected chi connectivity index (χ0v) is 20.7. The first-order chi connectivity index (χ1) is 17.0. The van der Waals surface area contributed by atoms with Gasteiger partial charge in [0.1, 0.15) is 0 Å². The monoisotopic (exact) mass is 504 g/mol. The fraction of sp³-hybridized carbons (Fsp3) is 0.286. The summed E-state index contributed by atoms with van der Waals surface area (Å²) in [6, 6.07) is 23.4. The van der Waals surface area contributed by atoms with Crippen LogP contribution in [0, 0.1) is 11.3 Å². The van der Waals surface area contributed by atoms with E-state index in [0.29, 0.717) is 21.3 Å². The third-order valence-corrected chi connectivity index (χ3v) is 7.62. The molecule has 2 saturated heterocycles. The molecule has 5 rings (SSSR count). The number of nitrogens with one attached hydrogen (secondary N) is 2. The first-order valence-electron chi connectivity index (χ1n) is 11.8. The minimum atomic E-state index is -0.210. The van der Waals surface area contributed by atoms with Crippen molar-refractivity contribution in [2.75, 3.05) is 25.0 Å². The molecule has 2 aliphatic rings. The highest BCUT2D eigenvalue weighted by atomic mass is 35.5. The Morgan fingerprint density at radius 3 is 2.34 bits per heavy atom. The van der Waals surface area contributed by atoms with Crippen molar-refractivity contribution in [3.63, 3.8) is 0 Å². The fourth-order valence-corrected chi connectivity index (χ4v) is 5.87. The van der Waals surface area contributed by atoms with Crippen molar-refractivity contribution in [1.29, 1.82) is 5.26 Å². The summed E-state index contributed by atoms with van der Waals surface area (Å²) < 4.78 is 0. The van der Waals surface area contributed by atoms with Crippen LogP contribution in [-0.2, 0) is 10.3 Å². The Bertz CT molecular complexity index is 1260. The van der Waals surface area contributed by atoms with E-state index in [0.717, 1.165) is 50.0 Å². The zero-order chi connectivity index (χ0) is 24.4. The zero-order valence-electron chi connectivity index (χ0n) is 19.2. The number of hydrogen-bond acceptors (Lipinski definition) is 4. The molecule has 0 aromatic heterocycles. The van der Waals surface area contributed by atoms with Gasteiger partial charge in [0.25, 0.3) is 0 Å². The predicted octanol–water partition coefficient (Wildman–Crippen LogP) is 5.82. The number of hydrogen-bond donors (Lipinski definition) is 2. The van der Waals surface area contributed by atoms with Crippen LogP contribution in [0.4, 0.5) is 5.69 Å². The van der Waals surface area contributed by atoms with Crippen molar-refractivity contribution in [3.8, 4) is 17.2 Å². The van der Waals surface area contributed by atoms with Gasteiger partial charge in [-0.1, -0.05) is 59.6 Å². The Morgan fingerprint density at radius 2 is 1.71 bits per heavy atom. The molecule has 3 aromatic carbocycles. The van der Waals surface area contributed by atoms with Gasteiger partial charge in [0.15, 0.2) is 0 Å². The fourth-order valence-electron chi connectivity index (χ4n) is 5.35. The van der Waals surface area contributed by atoms with Crippen molar-refractivity contribution >= 4 is 34.8 Å². The number of benzene rings is 3. The van der Waals surface area contributed by atoms with Gasteiger partial charge in [0.2, 0.25) is 5.91 Å². The summed E-state index contributed by atoms with van der Waals surface area (Å²) in [4.78, 5) is 15.6. The Hall–Kier alpha value is -2.88. The molecular weight excluding hydrogens is 479 g/mol. The van der Waals surface area contributed by atoms with Crippen LogP contribution in [0.5, 0.6) is 0 Å². The molecule has 2 fully saturated rings. The number of carbonyl (C=O) groups excluding carboxylic acids is 1. The van der Waals surface area contributed by atoms with Gasteiger partial charge >= 0.3 is 0 Å². The van der Waals surface area contributed by atoms with Crippen LogP contribution in [0.15, 0.2) is 66.7 Å². The summed E-state index contributed by atoms with van der Waals surface area (Å²) in [5, 5.41) is 16.7. The molecule has 1 amide bonds. The second-order valence-electron chi connectivity index (χ2n) is 9.20. The van der Waals surface area contributed by atoms with Gasteiger partial charge in [0.05, 0.1) is 17.7 Å². The van der Waals surface area contributed by atoms with Gasteiger partial charge < -0.3 is 10.6 Å². The molecule has 2 N–H and O–H groups in total. The Kier molecular flexibility index (Phi) is 6.82. The number of piperidine rings is 1. The topological polar surface area (TPSA) is 68.2 Å². The Morgan fingerprint density at radius 1 is 1.00 bits per heavy atom. The van der Waals surface area contributed by atoms with E-state index in [-0.39, 0.29) is 17.5 Å². The molecule has 0 radical (unpaired) electrons. The maximum atomic E-state index is 13.3. The minimum absolute atomic E-state index is 0.0302. The highest BCUT2D eigenvalue weighted by Gasteiger charge is 2.49. The first kappa shape index (κ1) is 23.8. The van der Waals surface area contributed by atoms with Gasteiger partial charge in [0, 0.05) is 27.8 Å². The lowest BCUT2D eigenvalue weighted by Crippen LogP contribution is -2.65. The normalized spacial score (nSPS) is 19.4. The minimum Gasteiger partial charge on any atom is -0.325 e. The molecule has 3 aromatic rings. The van der Waals surface area contributed by atoms with Crippen LogP contribution in [0.3, 0.4) is 0 Å². The average Bonchev–Trinajstić information content (AvgIpc) is 2.83. The number of halogens is 2. The molecular formula is C28H26Cl2N4O. The van der Waals surface area contributed by atoms with E-state index in [4.69, 9.17) is 23.2 Å². The van der Waals surface area contributed by atoms with Crippen LogP contribution < -0.4 is 10.6 Å². The van der Waals surface area contributed by atoms with Crippen molar-refractivity contribution < 1.29 is 4.79 Å². The largest absolute Gasteiger partial charge is 0.325 e. The van der Waals surface area contributed by atoms with E-state index in [9.17, 15) is 10.1 Å². The molecule has 0 bridgehead atoms. The van der Waals surface area contributed by atoms with Crippen molar-refractivity contribution in [2.45, 2.75) is 30.8 Å². The number of carbonyl (C=O) groups is 1. The number of amides is 1. The molecule has 2 heterocycles. The second kappa shape index (κ2) is 10.0. The molecule has 35 heavy (non-hydrogen) atoms. The smallest absolute Gasteiger partial charge is 0.241 e. The van der Waals surface area contributed by atoms with E-state index < -0.39 is 0 Å². The van der Waals surface area contributed by atoms with Gasteiger partial charge in [-0.05, 0) is 79.4 Å². The van der Waals surface area contributed by atoms with Crippen LogP contribution in [0.25, 0.3) is 11.1 Å². The molecule has 2 aliphatic heterocycles. The van der Waals surface area contributed by atoms with Gasteiger partial charge in [-0.3, -0.25) is 9.69 Å². The summed E-state index contributed by atoms with van der Waals surface area (Å²) in [6.07, 6.45) is 2.68. The van der Waals surface area contributed by atoms with Crippen molar-refractivity contribution in [3.05, 3.63) is 87.9 Å². The molecule has 1 unspecified atom stereocenters. The highest BCUT2D eigenvalue weighted by molar-refractivity contribution is 6.35. The average molecular weight is 505 g/mol. The predicted molar refractivity (Wildman–Crippen MR) is 141 cm³/mol. The lowest BCUT2D eigenvalue weighted by atomic mass is 9.75. The lowest BCUT2D eigenvalue weighted by Gasteiger charge is -2.55. The number of nitrogens with zero attached hydrogens (tertiary/aromatic N) is 2. The van der Waals surface area contributed by atoms with E-state index in [1.165, 1.54) is 5.56 Å². The molecule has 0 spiro atoms. The molecule has 0 saturated carbocycles. The highest BCUT2D eigenvalue weighted by Crippen LogP contribution is 2.43. The van der Waals surface area contributed by atoms with E-state index in [1.807, 2.05) is 24.3 Å². The van der Waals surface area contributed by atoms with Crippen LogP contribution in [0.2, 0.25) is 10.0 Å². The second-order valence-corrected chi connectivity index (χ2v) is 10.1.